The number of phenols is 1. The number of piperazine rings is 1. The van der Waals surface area contributed by atoms with Crippen molar-refractivity contribution in [2.24, 2.45) is 0 Å². The van der Waals surface area contributed by atoms with E-state index in [2.05, 4.69) is 29.2 Å². The first-order valence-corrected chi connectivity index (χ1v) is 9.10. The zero-order valence-corrected chi connectivity index (χ0v) is 14.4. The van der Waals surface area contributed by atoms with Crippen molar-refractivity contribution in [1.82, 2.24) is 9.80 Å². The Balaban J connectivity index is 1.37. The fraction of sp³-hybridized carbons (Fsp3) is 0.381. The van der Waals surface area contributed by atoms with Crippen molar-refractivity contribution < 1.29 is 9.90 Å². The van der Waals surface area contributed by atoms with Gasteiger partial charge in [0.25, 0.3) is 5.91 Å². The molecule has 0 radical (unpaired) electrons. The van der Waals surface area contributed by atoms with E-state index >= 15 is 0 Å². The molecule has 1 aliphatic carbocycles. The Morgan fingerprint density at radius 3 is 2.48 bits per heavy atom. The van der Waals surface area contributed by atoms with Crippen LogP contribution in [0.3, 0.4) is 0 Å². The third kappa shape index (κ3) is 3.40. The fourth-order valence-electron chi connectivity index (χ4n) is 4.10. The minimum absolute atomic E-state index is 0.0181. The summed E-state index contributed by atoms with van der Waals surface area (Å²) in [5.74, 6) is 0.162. The summed E-state index contributed by atoms with van der Waals surface area (Å²) < 4.78 is 0. The molecule has 1 heterocycles. The van der Waals surface area contributed by atoms with Gasteiger partial charge >= 0.3 is 0 Å². The van der Waals surface area contributed by atoms with E-state index < -0.39 is 0 Å². The Labute approximate surface area is 148 Å². The Morgan fingerprint density at radius 1 is 0.960 bits per heavy atom. The number of nitrogens with zero attached hydrogens (tertiary/aromatic N) is 2. The zero-order valence-electron chi connectivity index (χ0n) is 14.4. The molecular weight excluding hydrogens is 312 g/mol. The minimum Gasteiger partial charge on any atom is -0.508 e. The molecule has 4 rings (SSSR count). The van der Waals surface area contributed by atoms with Crippen LogP contribution < -0.4 is 0 Å². The average Bonchev–Trinajstić information content (AvgIpc) is 2.67. The van der Waals surface area contributed by atoms with E-state index in [0.717, 1.165) is 39.0 Å². The van der Waals surface area contributed by atoms with Crippen LogP contribution in [0.2, 0.25) is 0 Å². The predicted molar refractivity (Wildman–Crippen MR) is 97.8 cm³/mol. The highest BCUT2D eigenvalue weighted by atomic mass is 16.3. The van der Waals surface area contributed by atoms with E-state index in [0.29, 0.717) is 11.6 Å². The smallest absolute Gasteiger partial charge is 0.254 e. The van der Waals surface area contributed by atoms with Gasteiger partial charge in [-0.3, -0.25) is 9.69 Å². The lowest BCUT2D eigenvalue weighted by Crippen LogP contribution is -2.53. The van der Waals surface area contributed by atoms with E-state index in [4.69, 9.17) is 0 Å². The van der Waals surface area contributed by atoms with Crippen molar-refractivity contribution in [3.8, 4) is 5.75 Å². The van der Waals surface area contributed by atoms with Crippen LogP contribution in [-0.4, -0.2) is 53.0 Å². The van der Waals surface area contributed by atoms with Crippen LogP contribution in [0.1, 0.15) is 27.9 Å². The molecule has 2 aliphatic rings. The third-order valence-electron chi connectivity index (χ3n) is 5.53. The van der Waals surface area contributed by atoms with E-state index in [-0.39, 0.29) is 11.7 Å². The number of hydrogen-bond acceptors (Lipinski definition) is 3. The number of fused-ring (bicyclic) bond motifs is 1. The van der Waals surface area contributed by atoms with Gasteiger partial charge in [0.1, 0.15) is 5.75 Å². The predicted octanol–water partition coefficient (Wildman–Crippen LogP) is 2.71. The highest BCUT2D eigenvalue weighted by Gasteiger charge is 2.28. The molecule has 1 aliphatic heterocycles. The molecule has 1 unspecified atom stereocenters. The van der Waals surface area contributed by atoms with Gasteiger partial charge in [0.05, 0.1) is 0 Å². The van der Waals surface area contributed by atoms with Crippen LogP contribution in [0.15, 0.2) is 48.5 Å². The van der Waals surface area contributed by atoms with Crippen LogP contribution >= 0.6 is 0 Å². The average molecular weight is 336 g/mol. The van der Waals surface area contributed by atoms with Gasteiger partial charge in [0.2, 0.25) is 0 Å². The van der Waals surface area contributed by atoms with Crippen molar-refractivity contribution in [3.05, 3.63) is 65.2 Å². The maximum absolute atomic E-state index is 12.6. The molecule has 1 fully saturated rings. The lowest BCUT2D eigenvalue weighted by molar-refractivity contribution is 0.0552. The Morgan fingerprint density at radius 2 is 1.72 bits per heavy atom. The molecule has 4 heteroatoms. The lowest BCUT2D eigenvalue weighted by atomic mass is 9.87. The Bertz CT molecular complexity index is 766. The summed E-state index contributed by atoms with van der Waals surface area (Å²) in [6, 6.07) is 16.0. The molecule has 0 saturated carbocycles. The van der Waals surface area contributed by atoms with Crippen LogP contribution in [0.25, 0.3) is 0 Å². The fourth-order valence-corrected chi connectivity index (χ4v) is 4.10. The molecule has 1 N–H and O–H groups in total. The van der Waals surface area contributed by atoms with Gasteiger partial charge in [-0.2, -0.15) is 0 Å². The molecule has 4 nitrogen and oxygen atoms in total. The quantitative estimate of drug-likeness (QED) is 0.917. The summed E-state index contributed by atoms with van der Waals surface area (Å²) in [5, 5.41) is 9.57. The van der Waals surface area contributed by atoms with E-state index in [1.807, 2.05) is 4.90 Å². The molecule has 130 valence electrons. The third-order valence-corrected chi connectivity index (χ3v) is 5.53. The number of benzene rings is 2. The van der Waals surface area contributed by atoms with Gasteiger partial charge in [-0.25, -0.2) is 0 Å². The molecule has 1 saturated heterocycles. The summed E-state index contributed by atoms with van der Waals surface area (Å²) in [6.07, 6.45) is 3.48. The summed E-state index contributed by atoms with van der Waals surface area (Å²) in [7, 11) is 0. The van der Waals surface area contributed by atoms with Gasteiger partial charge in [0, 0.05) is 37.8 Å². The Kier molecular flexibility index (Phi) is 4.45. The van der Waals surface area contributed by atoms with E-state index in [1.54, 1.807) is 24.3 Å². The number of carbonyl (C=O) groups is 1. The monoisotopic (exact) mass is 336 g/mol. The minimum atomic E-state index is 0.0181. The van der Waals surface area contributed by atoms with Crippen molar-refractivity contribution in [3.63, 3.8) is 0 Å². The number of aromatic hydroxyl groups is 1. The molecule has 25 heavy (non-hydrogen) atoms. The summed E-state index contributed by atoms with van der Waals surface area (Å²) in [5.41, 5.74) is 3.55. The number of phenolic OH excluding ortho intramolecular Hbond substituents is 1. The lowest BCUT2D eigenvalue weighted by Gasteiger charge is -2.41. The molecule has 1 atom stereocenters. The standard InChI is InChI=1S/C21H24N2O2/c24-20-7-3-6-18(15-20)21(25)23-12-10-22(11-13-23)19-9-8-16-4-1-2-5-17(16)14-19/h1-7,15,19,24H,8-14H2. The summed E-state index contributed by atoms with van der Waals surface area (Å²) in [4.78, 5) is 17.0. The van der Waals surface area contributed by atoms with E-state index in [1.165, 1.54) is 17.5 Å². The number of hydrogen-bond donors (Lipinski definition) is 1. The number of aryl methyl sites for hydroxylation is 1. The number of rotatable bonds is 2. The maximum Gasteiger partial charge on any atom is 0.254 e. The molecule has 0 spiro atoms. The van der Waals surface area contributed by atoms with Crippen LogP contribution in [-0.2, 0) is 12.8 Å². The van der Waals surface area contributed by atoms with Gasteiger partial charge in [0.15, 0.2) is 0 Å². The number of amides is 1. The topological polar surface area (TPSA) is 43.8 Å². The first-order valence-electron chi connectivity index (χ1n) is 9.10. The van der Waals surface area contributed by atoms with Crippen molar-refractivity contribution in [2.75, 3.05) is 26.2 Å². The first kappa shape index (κ1) is 16.2. The molecular formula is C21H24N2O2. The van der Waals surface area contributed by atoms with Gasteiger partial charge in [-0.05, 0) is 48.6 Å². The van der Waals surface area contributed by atoms with Crippen LogP contribution in [0.4, 0.5) is 0 Å². The van der Waals surface area contributed by atoms with Crippen molar-refractivity contribution in [2.45, 2.75) is 25.3 Å². The second kappa shape index (κ2) is 6.89. The Hall–Kier alpha value is -2.33. The maximum atomic E-state index is 12.6. The molecule has 2 aromatic carbocycles. The van der Waals surface area contributed by atoms with E-state index in [9.17, 15) is 9.90 Å². The summed E-state index contributed by atoms with van der Waals surface area (Å²) in [6.45, 7) is 3.37. The van der Waals surface area contributed by atoms with Gasteiger partial charge < -0.3 is 10.0 Å². The largest absolute Gasteiger partial charge is 0.508 e. The zero-order chi connectivity index (χ0) is 17.2. The SMILES string of the molecule is O=C(c1cccc(O)c1)N1CCN(C2CCc3ccccc3C2)CC1. The van der Waals surface area contributed by atoms with Crippen molar-refractivity contribution >= 4 is 5.91 Å². The number of carbonyl (C=O) groups excluding carboxylic acids is 1. The second-order valence-electron chi connectivity index (χ2n) is 7.04. The van der Waals surface area contributed by atoms with Gasteiger partial charge in [-0.15, -0.1) is 0 Å². The first-order chi connectivity index (χ1) is 12.2. The molecule has 0 aromatic heterocycles. The summed E-state index contributed by atoms with van der Waals surface area (Å²) >= 11 is 0. The van der Waals surface area contributed by atoms with Crippen molar-refractivity contribution in [1.29, 1.82) is 0 Å². The van der Waals surface area contributed by atoms with Crippen LogP contribution in [0, 0.1) is 0 Å². The molecule has 1 amide bonds. The highest BCUT2D eigenvalue weighted by Crippen LogP contribution is 2.25. The van der Waals surface area contributed by atoms with Gasteiger partial charge in [-0.1, -0.05) is 30.3 Å². The van der Waals surface area contributed by atoms with Crippen LogP contribution in [0.5, 0.6) is 5.75 Å². The second-order valence-corrected chi connectivity index (χ2v) is 7.04. The highest BCUT2D eigenvalue weighted by molar-refractivity contribution is 5.94. The molecule has 2 aromatic rings. The normalized spacial score (nSPS) is 21.0. The molecule has 0 bridgehead atoms.